The van der Waals surface area contributed by atoms with E-state index < -0.39 is 0 Å². The molecule has 0 aliphatic rings. The van der Waals surface area contributed by atoms with Gasteiger partial charge in [0.1, 0.15) is 0 Å². The summed E-state index contributed by atoms with van der Waals surface area (Å²) in [7, 11) is 0. The lowest BCUT2D eigenvalue weighted by molar-refractivity contribution is 0.557. The van der Waals surface area contributed by atoms with E-state index in [0.717, 1.165) is 0 Å². The van der Waals surface area contributed by atoms with Crippen LogP contribution in [0.4, 0.5) is 0 Å². The molecule has 0 amide bonds. The molecule has 0 N–H and O–H groups in total. The first-order chi connectivity index (χ1) is 7.41. The van der Waals surface area contributed by atoms with Crippen molar-refractivity contribution in [2.45, 2.75) is 77.6 Å². The van der Waals surface area contributed by atoms with Gasteiger partial charge in [-0.1, -0.05) is 83.4 Å². The van der Waals surface area contributed by atoms with E-state index in [1.54, 1.807) is 5.41 Å². The van der Waals surface area contributed by atoms with Gasteiger partial charge in [0.15, 0.2) is 0 Å². The highest BCUT2D eigenvalue weighted by atomic mass is 32.1. The minimum absolute atomic E-state index is 1.18. The summed E-state index contributed by atoms with van der Waals surface area (Å²) < 4.78 is 0. The summed E-state index contributed by atoms with van der Waals surface area (Å²) in [4.78, 5) is 0. The normalized spacial score (nSPS) is 11.3. The molecule has 0 unspecified atom stereocenters. The van der Waals surface area contributed by atoms with Crippen LogP contribution in [-0.2, 0) is 0 Å². The molecule has 0 aromatic carbocycles. The minimum Gasteiger partial charge on any atom is -0.0891 e. The lowest BCUT2D eigenvalue weighted by atomic mass is 10.1. The summed E-state index contributed by atoms with van der Waals surface area (Å²) in [5.74, 6) is 0. The molecule has 1 radical (unpaired) electrons. The lowest BCUT2D eigenvalue weighted by Gasteiger charge is -2.01. The van der Waals surface area contributed by atoms with Crippen LogP contribution in [-0.4, -0.2) is 0 Å². The third kappa shape index (κ3) is 14.0. The van der Waals surface area contributed by atoms with Gasteiger partial charge in [0, 0.05) is 0 Å². The van der Waals surface area contributed by atoms with Crippen molar-refractivity contribution in [1.82, 2.24) is 0 Å². The van der Waals surface area contributed by atoms with Gasteiger partial charge >= 0.3 is 0 Å². The summed E-state index contributed by atoms with van der Waals surface area (Å²) in [5, 5.41) is 1.74. The number of unbranched alkanes of at least 4 members (excludes halogenated alkanes) is 10. The molecule has 0 fully saturated rings. The molecular formula is C14H27S. The van der Waals surface area contributed by atoms with E-state index >= 15 is 0 Å². The van der Waals surface area contributed by atoms with Crippen LogP contribution in [0.3, 0.4) is 0 Å². The van der Waals surface area contributed by atoms with Crippen molar-refractivity contribution in [3.05, 3.63) is 11.5 Å². The lowest BCUT2D eigenvalue weighted by Crippen LogP contribution is -1.81. The highest BCUT2D eigenvalue weighted by Gasteiger charge is 1.91. The van der Waals surface area contributed by atoms with E-state index in [1.165, 1.54) is 70.6 Å². The van der Waals surface area contributed by atoms with Crippen molar-refractivity contribution in [3.63, 3.8) is 0 Å². The second-order valence-electron chi connectivity index (χ2n) is 4.34. The van der Waals surface area contributed by atoms with E-state index in [4.69, 9.17) is 12.6 Å². The first-order valence-corrected chi connectivity index (χ1v) is 7.16. The molecule has 0 bridgehead atoms. The van der Waals surface area contributed by atoms with Crippen molar-refractivity contribution >= 4 is 12.6 Å². The van der Waals surface area contributed by atoms with Gasteiger partial charge in [0.2, 0.25) is 0 Å². The molecule has 0 aliphatic carbocycles. The fourth-order valence-electron chi connectivity index (χ4n) is 1.82. The summed E-state index contributed by atoms with van der Waals surface area (Å²) in [6.07, 6.45) is 17.4. The van der Waals surface area contributed by atoms with Gasteiger partial charge in [-0.15, -0.1) is 0 Å². The molecule has 0 aromatic rings. The van der Waals surface area contributed by atoms with Crippen LogP contribution in [0.2, 0.25) is 0 Å². The highest BCUT2D eigenvalue weighted by molar-refractivity contribution is 7.83. The van der Waals surface area contributed by atoms with Crippen molar-refractivity contribution < 1.29 is 0 Å². The summed E-state index contributed by atoms with van der Waals surface area (Å²) in [5.41, 5.74) is 0. The highest BCUT2D eigenvalue weighted by Crippen LogP contribution is 2.11. The van der Waals surface area contributed by atoms with Crippen LogP contribution in [0.1, 0.15) is 77.6 Å². The van der Waals surface area contributed by atoms with Crippen molar-refractivity contribution in [3.8, 4) is 0 Å². The maximum absolute atomic E-state index is 4.74. The SMILES string of the molecule is CCCCCCCCCCCCC=C[S]. The van der Waals surface area contributed by atoms with E-state index in [-0.39, 0.29) is 0 Å². The number of hydrogen-bond donors (Lipinski definition) is 0. The Hall–Kier alpha value is -0.0400. The second-order valence-corrected chi connectivity index (χ2v) is 4.61. The summed E-state index contributed by atoms with van der Waals surface area (Å²) in [6, 6.07) is 0. The molecule has 0 rings (SSSR count). The maximum atomic E-state index is 4.74. The Morgan fingerprint density at radius 3 is 1.67 bits per heavy atom. The van der Waals surface area contributed by atoms with Crippen molar-refractivity contribution in [2.24, 2.45) is 0 Å². The van der Waals surface area contributed by atoms with Crippen LogP contribution in [0.25, 0.3) is 0 Å². The van der Waals surface area contributed by atoms with Crippen molar-refractivity contribution in [1.29, 1.82) is 0 Å². The minimum atomic E-state index is 1.18. The van der Waals surface area contributed by atoms with Gasteiger partial charge in [-0.25, -0.2) is 0 Å². The van der Waals surface area contributed by atoms with Crippen LogP contribution >= 0.6 is 12.6 Å². The molecule has 0 spiro atoms. The molecule has 0 heterocycles. The van der Waals surface area contributed by atoms with Crippen LogP contribution in [0.5, 0.6) is 0 Å². The summed E-state index contributed by atoms with van der Waals surface area (Å²) >= 11 is 4.74. The quantitative estimate of drug-likeness (QED) is 0.379. The number of allylic oxidation sites excluding steroid dienone is 1. The van der Waals surface area contributed by atoms with Crippen molar-refractivity contribution in [2.75, 3.05) is 0 Å². The molecule has 0 saturated heterocycles. The van der Waals surface area contributed by atoms with Gasteiger partial charge in [0.25, 0.3) is 0 Å². The molecule has 0 aromatic heterocycles. The van der Waals surface area contributed by atoms with Gasteiger partial charge in [-0.3, -0.25) is 0 Å². The number of hydrogen-bond acceptors (Lipinski definition) is 0. The average Bonchev–Trinajstić information content (AvgIpc) is 2.26. The molecule has 15 heavy (non-hydrogen) atoms. The van der Waals surface area contributed by atoms with E-state index in [0.29, 0.717) is 0 Å². The molecule has 1 heteroatoms. The first kappa shape index (κ1) is 15.0. The second kappa shape index (κ2) is 14.0. The van der Waals surface area contributed by atoms with E-state index in [2.05, 4.69) is 13.0 Å². The Morgan fingerprint density at radius 2 is 1.20 bits per heavy atom. The largest absolute Gasteiger partial charge is 0.0891 e. The molecule has 0 nitrogen and oxygen atoms in total. The molecule has 0 aliphatic heterocycles. The fraction of sp³-hybridized carbons (Fsp3) is 0.857. The first-order valence-electron chi connectivity index (χ1n) is 6.68. The zero-order chi connectivity index (χ0) is 11.2. The predicted molar refractivity (Wildman–Crippen MR) is 73.2 cm³/mol. The third-order valence-corrected chi connectivity index (χ3v) is 3.01. The monoisotopic (exact) mass is 227 g/mol. The van der Waals surface area contributed by atoms with Gasteiger partial charge in [-0.2, -0.15) is 0 Å². The third-order valence-electron chi connectivity index (χ3n) is 2.82. The van der Waals surface area contributed by atoms with Gasteiger partial charge < -0.3 is 0 Å². The standard InChI is InChI=1S/C14H27S/c1-2-3-4-5-6-7-8-9-10-11-12-13-14-15/h13-14H,2-12H2,1H3. The Balaban J connectivity index is 2.86. The zero-order valence-electron chi connectivity index (χ0n) is 10.3. The molecule has 0 saturated carbocycles. The average molecular weight is 227 g/mol. The predicted octanol–water partition coefficient (Wildman–Crippen LogP) is 6.01. The summed E-state index contributed by atoms with van der Waals surface area (Å²) in [6.45, 7) is 2.28. The van der Waals surface area contributed by atoms with E-state index in [9.17, 15) is 0 Å². The van der Waals surface area contributed by atoms with E-state index in [1.807, 2.05) is 0 Å². The zero-order valence-corrected chi connectivity index (χ0v) is 11.2. The molecule has 89 valence electrons. The Labute approximate surface area is 102 Å². The Bertz CT molecular complexity index is 129. The van der Waals surface area contributed by atoms with Gasteiger partial charge in [-0.05, 0) is 18.2 Å². The Morgan fingerprint density at radius 1 is 0.733 bits per heavy atom. The topological polar surface area (TPSA) is 0 Å². The van der Waals surface area contributed by atoms with Crippen LogP contribution in [0.15, 0.2) is 11.5 Å². The number of rotatable bonds is 11. The Kier molecular flexibility index (Phi) is 13.9. The molecular weight excluding hydrogens is 200 g/mol. The smallest absolute Gasteiger partial charge is 0.00265 e. The maximum Gasteiger partial charge on any atom is -0.00265 e. The fourth-order valence-corrected chi connectivity index (χ4v) is 1.95. The van der Waals surface area contributed by atoms with Crippen LogP contribution < -0.4 is 0 Å². The van der Waals surface area contributed by atoms with Crippen LogP contribution in [0, 0.1) is 0 Å². The molecule has 0 atom stereocenters. The van der Waals surface area contributed by atoms with Gasteiger partial charge in [0.05, 0.1) is 0 Å².